The number of hydrogen-bond donors (Lipinski definition) is 2. The lowest BCUT2D eigenvalue weighted by atomic mass is 9.74. The molecule has 0 bridgehead atoms. The van der Waals surface area contributed by atoms with Crippen molar-refractivity contribution in [2.75, 3.05) is 0 Å². The average Bonchev–Trinajstić information content (AvgIpc) is 2.70. The summed E-state index contributed by atoms with van der Waals surface area (Å²) in [5.74, 6) is -0.695. The fraction of sp³-hybridized carbons (Fsp3) is 0.833. The molecule has 0 aromatic carbocycles. The molecule has 2 aliphatic rings. The van der Waals surface area contributed by atoms with Gasteiger partial charge in [-0.3, -0.25) is 9.59 Å². The number of carboxylic acid groups (broad SMARTS) is 1. The molecule has 1 atom stereocenters. The van der Waals surface area contributed by atoms with E-state index in [1.165, 1.54) is 0 Å². The zero-order valence-corrected chi connectivity index (χ0v) is 9.88. The molecule has 0 radical (unpaired) electrons. The highest BCUT2D eigenvalue weighted by atomic mass is 16.4. The Bertz CT molecular complexity index is 331. The topological polar surface area (TPSA) is 66.4 Å². The monoisotopic (exact) mass is 225 g/mol. The second-order valence-corrected chi connectivity index (χ2v) is 5.94. The van der Waals surface area contributed by atoms with Crippen LogP contribution in [-0.2, 0) is 9.59 Å². The van der Waals surface area contributed by atoms with Crippen LogP contribution < -0.4 is 5.32 Å². The van der Waals surface area contributed by atoms with E-state index in [1.807, 2.05) is 0 Å². The molecule has 4 nitrogen and oxygen atoms in total. The highest BCUT2D eigenvalue weighted by molar-refractivity contribution is 5.84. The summed E-state index contributed by atoms with van der Waals surface area (Å²) >= 11 is 0. The molecule has 2 fully saturated rings. The third-order valence-electron chi connectivity index (χ3n) is 4.02. The summed E-state index contributed by atoms with van der Waals surface area (Å²) in [6, 6.07) is 0. The van der Waals surface area contributed by atoms with Gasteiger partial charge >= 0.3 is 5.97 Å². The van der Waals surface area contributed by atoms with Gasteiger partial charge in [0, 0.05) is 5.92 Å². The van der Waals surface area contributed by atoms with E-state index in [4.69, 9.17) is 5.11 Å². The Morgan fingerprint density at radius 3 is 2.25 bits per heavy atom. The van der Waals surface area contributed by atoms with E-state index in [2.05, 4.69) is 19.2 Å². The Labute approximate surface area is 95.4 Å². The predicted octanol–water partition coefficient (Wildman–Crippen LogP) is 1.55. The molecule has 2 aliphatic carbocycles. The molecular weight excluding hydrogens is 206 g/mol. The summed E-state index contributed by atoms with van der Waals surface area (Å²) in [6.07, 6.45) is 3.60. The number of hydrogen-bond acceptors (Lipinski definition) is 2. The first kappa shape index (κ1) is 11.4. The van der Waals surface area contributed by atoms with Gasteiger partial charge in [0.15, 0.2) is 0 Å². The number of carbonyl (C=O) groups excluding carboxylic acids is 1. The molecule has 0 saturated heterocycles. The zero-order chi connectivity index (χ0) is 12.0. The van der Waals surface area contributed by atoms with Crippen LogP contribution in [0.5, 0.6) is 0 Å². The molecule has 0 spiro atoms. The highest BCUT2D eigenvalue weighted by Gasteiger charge is 2.52. The molecule has 2 N–H and O–H groups in total. The van der Waals surface area contributed by atoms with Crippen molar-refractivity contribution >= 4 is 11.9 Å². The van der Waals surface area contributed by atoms with Crippen molar-refractivity contribution in [2.24, 2.45) is 11.3 Å². The number of aliphatic carboxylic acids is 1. The molecule has 2 rings (SSSR count). The number of amides is 1. The lowest BCUT2D eigenvalue weighted by Gasteiger charge is -2.41. The van der Waals surface area contributed by atoms with Crippen molar-refractivity contribution < 1.29 is 14.7 Å². The Kier molecular flexibility index (Phi) is 2.48. The van der Waals surface area contributed by atoms with Crippen LogP contribution in [0.4, 0.5) is 0 Å². The molecule has 2 saturated carbocycles. The van der Waals surface area contributed by atoms with Gasteiger partial charge in [-0.25, -0.2) is 0 Å². The van der Waals surface area contributed by atoms with Crippen LogP contribution in [0.1, 0.15) is 46.0 Å². The lowest BCUT2D eigenvalue weighted by molar-refractivity contribution is -0.140. The van der Waals surface area contributed by atoms with Crippen molar-refractivity contribution in [1.82, 2.24) is 5.32 Å². The van der Waals surface area contributed by atoms with Gasteiger partial charge in [-0.05, 0) is 31.1 Å². The smallest absolute Gasteiger partial charge is 0.305 e. The highest BCUT2D eigenvalue weighted by Crippen LogP contribution is 2.52. The summed E-state index contributed by atoms with van der Waals surface area (Å²) in [7, 11) is 0. The second kappa shape index (κ2) is 3.47. The second-order valence-electron chi connectivity index (χ2n) is 5.94. The fourth-order valence-corrected chi connectivity index (χ4v) is 2.50. The Morgan fingerprint density at radius 2 is 1.94 bits per heavy atom. The predicted molar refractivity (Wildman–Crippen MR) is 58.9 cm³/mol. The molecule has 1 amide bonds. The molecule has 0 aromatic rings. The first-order chi connectivity index (χ1) is 7.35. The Hall–Kier alpha value is -1.06. The van der Waals surface area contributed by atoms with Gasteiger partial charge in [-0.2, -0.15) is 0 Å². The summed E-state index contributed by atoms with van der Waals surface area (Å²) in [4.78, 5) is 22.7. The largest absolute Gasteiger partial charge is 0.481 e. The van der Waals surface area contributed by atoms with E-state index >= 15 is 0 Å². The normalized spacial score (nSPS) is 29.0. The first-order valence-electron chi connectivity index (χ1n) is 5.89. The number of nitrogens with one attached hydrogen (secondary N) is 1. The van der Waals surface area contributed by atoms with Crippen molar-refractivity contribution in [1.29, 1.82) is 0 Å². The van der Waals surface area contributed by atoms with Crippen molar-refractivity contribution in [3.8, 4) is 0 Å². The zero-order valence-electron chi connectivity index (χ0n) is 9.88. The van der Waals surface area contributed by atoms with Crippen LogP contribution in [0.15, 0.2) is 0 Å². The molecule has 4 heteroatoms. The fourth-order valence-electron chi connectivity index (χ4n) is 2.50. The van der Waals surface area contributed by atoms with Crippen molar-refractivity contribution in [2.45, 2.75) is 51.5 Å². The molecule has 90 valence electrons. The van der Waals surface area contributed by atoms with Crippen LogP contribution in [0.3, 0.4) is 0 Å². The number of carboxylic acids is 1. The van der Waals surface area contributed by atoms with Crippen LogP contribution in [-0.4, -0.2) is 22.5 Å². The molecule has 0 aliphatic heterocycles. The van der Waals surface area contributed by atoms with Crippen LogP contribution >= 0.6 is 0 Å². The van der Waals surface area contributed by atoms with Crippen LogP contribution in [0.25, 0.3) is 0 Å². The summed E-state index contributed by atoms with van der Waals surface area (Å²) < 4.78 is 0. The Morgan fingerprint density at radius 1 is 1.38 bits per heavy atom. The SMILES string of the molecule is CC1(C)CC1C(=O)NC1(CC(=O)O)CCC1. The van der Waals surface area contributed by atoms with E-state index < -0.39 is 11.5 Å². The van der Waals surface area contributed by atoms with Gasteiger partial charge < -0.3 is 10.4 Å². The molecule has 0 aromatic heterocycles. The minimum atomic E-state index is -0.824. The summed E-state index contributed by atoms with van der Waals surface area (Å²) in [5, 5.41) is 11.8. The quantitative estimate of drug-likeness (QED) is 0.762. The Balaban J connectivity index is 1.92. The molecular formula is C12H19NO3. The maximum Gasteiger partial charge on any atom is 0.305 e. The van der Waals surface area contributed by atoms with E-state index in [-0.39, 0.29) is 23.7 Å². The minimum absolute atomic E-state index is 0.0472. The minimum Gasteiger partial charge on any atom is -0.481 e. The van der Waals surface area contributed by atoms with Gasteiger partial charge in [0.25, 0.3) is 0 Å². The van der Waals surface area contributed by atoms with Gasteiger partial charge in [0.05, 0.1) is 12.0 Å². The summed E-state index contributed by atoms with van der Waals surface area (Å²) in [6.45, 7) is 4.14. The molecule has 0 heterocycles. The lowest BCUT2D eigenvalue weighted by Crippen LogP contribution is -2.55. The van der Waals surface area contributed by atoms with Crippen LogP contribution in [0.2, 0.25) is 0 Å². The summed E-state index contributed by atoms with van der Waals surface area (Å²) in [5.41, 5.74) is -0.334. The third kappa shape index (κ3) is 2.06. The van der Waals surface area contributed by atoms with Gasteiger partial charge in [-0.1, -0.05) is 13.8 Å². The number of carbonyl (C=O) groups is 2. The van der Waals surface area contributed by atoms with E-state index in [0.29, 0.717) is 0 Å². The number of rotatable bonds is 4. The van der Waals surface area contributed by atoms with Gasteiger partial charge in [0.2, 0.25) is 5.91 Å². The van der Waals surface area contributed by atoms with E-state index in [9.17, 15) is 9.59 Å². The van der Waals surface area contributed by atoms with E-state index in [1.54, 1.807) is 0 Å². The van der Waals surface area contributed by atoms with Crippen molar-refractivity contribution in [3.05, 3.63) is 0 Å². The van der Waals surface area contributed by atoms with Crippen LogP contribution in [0, 0.1) is 11.3 Å². The molecule has 16 heavy (non-hydrogen) atoms. The maximum absolute atomic E-state index is 11.9. The third-order valence-corrected chi connectivity index (χ3v) is 4.02. The van der Waals surface area contributed by atoms with E-state index in [0.717, 1.165) is 25.7 Å². The maximum atomic E-state index is 11.9. The standard InChI is InChI=1S/C12H19NO3/c1-11(2)6-8(11)10(16)13-12(4-3-5-12)7-9(14)15/h8H,3-7H2,1-2H3,(H,13,16)(H,14,15). The average molecular weight is 225 g/mol. The van der Waals surface area contributed by atoms with Gasteiger partial charge in [-0.15, -0.1) is 0 Å². The van der Waals surface area contributed by atoms with Gasteiger partial charge in [0.1, 0.15) is 0 Å². The first-order valence-corrected chi connectivity index (χ1v) is 5.89. The van der Waals surface area contributed by atoms with Crippen molar-refractivity contribution in [3.63, 3.8) is 0 Å². The molecule has 1 unspecified atom stereocenters.